The van der Waals surface area contributed by atoms with Crippen LogP contribution in [0, 0.1) is 0 Å². The number of alkyl halides is 6. The largest absolute Gasteiger partial charge is 0.452 e. The first kappa shape index (κ1) is 21.0. The Kier molecular flexibility index (Phi) is 5.06. The Labute approximate surface area is 156 Å². The van der Waals surface area contributed by atoms with Crippen LogP contribution >= 0.6 is 0 Å². The lowest BCUT2D eigenvalue weighted by molar-refractivity contribution is -0.183. The van der Waals surface area contributed by atoms with Gasteiger partial charge in [-0.25, -0.2) is 14.3 Å². The minimum Gasteiger partial charge on any atom is -0.388 e. The molecule has 0 spiro atoms. The smallest absolute Gasteiger partial charge is 0.388 e. The van der Waals surface area contributed by atoms with Crippen molar-refractivity contribution in [1.82, 2.24) is 19.1 Å². The molecule has 160 valence electrons. The molecule has 0 bridgehead atoms. The quantitative estimate of drug-likeness (QED) is 0.692. The summed E-state index contributed by atoms with van der Waals surface area (Å²) in [5.74, 6) is -2.64. The van der Waals surface area contributed by atoms with Gasteiger partial charge in [0.15, 0.2) is 11.9 Å². The highest BCUT2D eigenvalue weighted by Gasteiger charge is 2.50. The summed E-state index contributed by atoms with van der Waals surface area (Å²) in [7, 11) is 0. The van der Waals surface area contributed by atoms with Crippen LogP contribution < -0.4 is 11.4 Å². The van der Waals surface area contributed by atoms with E-state index in [1.54, 1.807) is 0 Å². The monoisotopic (exact) mass is 429 g/mol. The first-order valence-electron chi connectivity index (χ1n) is 8.04. The summed E-state index contributed by atoms with van der Waals surface area (Å²) < 4.78 is 81.8. The van der Waals surface area contributed by atoms with Gasteiger partial charge in [-0.1, -0.05) is 0 Å². The standard InChI is InChI=1S/C14H13F6N5O4/c15-13(16,17)1-2-24-5-4-22-11(21)23-9(5)25(12(24)28)10-6(26)3-7(29-10)8(27)14(18,19)20/h4,6-7,10,26H,1-3H2,(H2,21,22,23)/t6-,7+,10-/m1/s1. The minimum absolute atomic E-state index is 0.199. The zero-order valence-corrected chi connectivity index (χ0v) is 14.2. The number of hydrogen-bond acceptors (Lipinski definition) is 7. The van der Waals surface area contributed by atoms with Gasteiger partial charge in [-0.3, -0.25) is 9.36 Å². The lowest BCUT2D eigenvalue weighted by atomic mass is 10.1. The van der Waals surface area contributed by atoms with Crippen molar-refractivity contribution in [3.8, 4) is 0 Å². The molecular weight excluding hydrogens is 416 g/mol. The molecular formula is C14H13F6N5O4. The van der Waals surface area contributed by atoms with Gasteiger partial charge < -0.3 is 15.6 Å². The van der Waals surface area contributed by atoms with Gasteiger partial charge in [-0.05, 0) is 0 Å². The van der Waals surface area contributed by atoms with E-state index in [1.165, 1.54) is 0 Å². The summed E-state index contributed by atoms with van der Waals surface area (Å²) in [6, 6.07) is 0. The van der Waals surface area contributed by atoms with Gasteiger partial charge in [0.25, 0.3) is 5.78 Å². The van der Waals surface area contributed by atoms with Gasteiger partial charge in [0.2, 0.25) is 5.95 Å². The number of rotatable bonds is 4. The summed E-state index contributed by atoms with van der Waals surface area (Å²) in [5.41, 5.74) is 3.73. The number of aliphatic hydroxyl groups is 1. The number of carbonyl (C=O) groups excluding carboxylic acids is 1. The van der Waals surface area contributed by atoms with Crippen molar-refractivity contribution in [3.63, 3.8) is 0 Å². The Morgan fingerprint density at radius 1 is 1.31 bits per heavy atom. The summed E-state index contributed by atoms with van der Waals surface area (Å²) in [4.78, 5) is 31.4. The molecule has 1 aliphatic rings. The number of aliphatic hydroxyl groups excluding tert-OH is 1. The van der Waals surface area contributed by atoms with Crippen molar-refractivity contribution in [2.75, 3.05) is 5.73 Å². The average Bonchev–Trinajstić information content (AvgIpc) is 3.07. The molecule has 0 saturated carbocycles. The second-order valence-electron chi connectivity index (χ2n) is 6.29. The van der Waals surface area contributed by atoms with Crippen molar-refractivity contribution >= 4 is 22.9 Å². The summed E-state index contributed by atoms with van der Waals surface area (Å²) in [6.07, 6.45) is -16.6. The predicted octanol–water partition coefficient (Wildman–Crippen LogP) is 0.907. The molecule has 3 rings (SSSR count). The van der Waals surface area contributed by atoms with Crippen molar-refractivity contribution in [1.29, 1.82) is 0 Å². The zero-order chi connectivity index (χ0) is 21.7. The molecule has 1 aliphatic heterocycles. The minimum atomic E-state index is -5.24. The van der Waals surface area contributed by atoms with E-state index in [2.05, 4.69) is 9.97 Å². The van der Waals surface area contributed by atoms with Gasteiger partial charge in [0.1, 0.15) is 17.7 Å². The average molecular weight is 429 g/mol. The first-order chi connectivity index (χ1) is 13.3. The zero-order valence-electron chi connectivity index (χ0n) is 14.2. The van der Waals surface area contributed by atoms with Crippen LogP contribution in [0.25, 0.3) is 11.2 Å². The van der Waals surface area contributed by atoms with Crippen LogP contribution in [0.4, 0.5) is 32.3 Å². The van der Waals surface area contributed by atoms with Crippen molar-refractivity contribution in [3.05, 3.63) is 16.7 Å². The Morgan fingerprint density at radius 3 is 2.55 bits per heavy atom. The molecule has 0 aliphatic carbocycles. The molecule has 1 saturated heterocycles. The molecule has 0 radical (unpaired) electrons. The van der Waals surface area contributed by atoms with Gasteiger partial charge >= 0.3 is 18.0 Å². The molecule has 0 unspecified atom stereocenters. The number of ketones is 1. The lowest BCUT2D eigenvalue weighted by Crippen LogP contribution is -2.35. The molecule has 0 amide bonds. The number of anilines is 1. The molecule has 3 heterocycles. The number of nitrogens with zero attached hydrogens (tertiary/aromatic N) is 4. The highest BCUT2D eigenvalue weighted by molar-refractivity contribution is 5.88. The molecule has 3 atom stereocenters. The molecule has 9 nitrogen and oxygen atoms in total. The maximum atomic E-state index is 12.7. The second kappa shape index (κ2) is 6.98. The Hall–Kier alpha value is -2.68. The SMILES string of the molecule is Nc1ncc2c(n1)n([C@@H]1O[C@H](C(=O)C(F)(F)F)C[C@H]1O)c(=O)n2CCC(F)(F)F. The van der Waals surface area contributed by atoms with E-state index in [-0.39, 0.29) is 17.1 Å². The summed E-state index contributed by atoms with van der Waals surface area (Å²) in [6.45, 7) is -0.840. The van der Waals surface area contributed by atoms with Gasteiger partial charge in [-0.2, -0.15) is 31.3 Å². The van der Waals surface area contributed by atoms with E-state index >= 15 is 0 Å². The maximum Gasteiger partial charge on any atom is 0.452 e. The Bertz CT molecular complexity index is 997. The second-order valence-corrected chi connectivity index (χ2v) is 6.29. The van der Waals surface area contributed by atoms with E-state index in [1.807, 2.05) is 0 Å². The predicted molar refractivity (Wildman–Crippen MR) is 82.5 cm³/mol. The highest BCUT2D eigenvalue weighted by Crippen LogP contribution is 2.34. The number of hydrogen-bond donors (Lipinski definition) is 2. The highest BCUT2D eigenvalue weighted by atomic mass is 19.4. The number of ether oxygens (including phenoxy) is 1. The number of imidazole rings is 1. The normalized spacial score (nSPS) is 23.1. The fourth-order valence-electron chi connectivity index (χ4n) is 2.99. The third-order valence-corrected chi connectivity index (χ3v) is 4.26. The van der Waals surface area contributed by atoms with Crippen molar-refractivity contribution in [2.45, 2.75) is 50.2 Å². The number of aryl methyl sites for hydroxylation is 1. The summed E-state index contributed by atoms with van der Waals surface area (Å²) >= 11 is 0. The molecule has 2 aromatic heterocycles. The van der Waals surface area contributed by atoms with Crippen LogP contribution in [-0.4, -0.2) is 54.6 Å². The number of halogens is 6. The maximum absolute atomic E-state index is 12.7. The van der Waals surface area contributed by atoms with E-state index in [4.69, 9.17) is 10.5 Å². The van der Waals surface area contributed by atoms with Crippen LogP contribution in [0.5, 0.6) is 0 Å². The van der Waals surface area contributed by atoms with Crippen LogP contribution in [0.15, 0.2) is 11.0 Å². The number of nitrogens with two attached hydrogens (primary N) is 1. The van der Waals surface area contributed by atoms with Gasteiger partial charge in [0.05, 0.1) is 12.6 Å². The van der Waals surface area contributed by atoms with Crippen LogP contribution in [-0.2, 0) is 16.1 Å². The third kappa shape index (κ3) is 4.05. The fraction of sp³-hybridized carbons (Fsp3) is 0.571. The van der Waals surface area contributed by atoms with Crippen LogP contribution in [0.1, 0.15) is 19.1 Å². The van der Waals surface area contributed by atoms with E-state index < -0.39 is 61.6 Å². The van der Waals surface area contributed by atoms with E-state index in [0.29, 0.717) is 9.13 Å². The van der Waals surface area contributed by atoms with E-state index in [0.717, 1.165) is 6.20 Å². The molecule has 29 heavy (non-hydrogen) atoms. The van der Waals surface area contributed by atoms with Gasteiger partial charge in [-0.15, -0.1) is 0 Å². The molecule has 0 aromatic carbocycles. The first-order valence-corrected chi connectivity index (χ1v) is 8.04. The van der Waals surface area contributed by atoms with E-state index in [9.17, 15) is 41.0 Å². The Balaban J connectivity index is 2.05. The Morgan fingerprint density at radius 2 is 1.97 bits per heavy atom. The number of Topliss-reactive ketones (excluding diaryl/α,β-unsaturated/α-hetero) is 1. The van der Waals surface area contributed by atoms with Crippen LogP contribution in [0.3, 0.4) is 0 Å². The topological polar surface area (TPSA) is 125 Å². The number of aromatic nitrogens is 4. The fourth-order valence-corrected chi connectivity index (χ4v) is 2.99. The molecule has 2 aromatic rings. The number of carbonyl (C=O) groups is 1. The third-order valence-electron chi connectivity index (χ3n) is 4.26. The molecule has 1 fully saturated rings. The van der Waals surface area contributed by atoms with Crippen molar-refractivity contribution in [2.24, 2.45) is 0 Å². The van der Waals surface area contributed by atoms with Crippen molar-refractivity contribution < 1.29 is 41.0 Å². The number of nitrogen functional groups attached to an aromatic ring is 1. The van der Waals surface area contributed by atoms with Crippen LogP contribution in [0.2, 0.25) is 0 Å². The number of fused-ring (bicyclic) bond motifs is 1. The molecule has 15 heteroatoms. The lowest BCUT2D eigenvalue weighted by Gasteiger charge is -2.16. The summed E-state index contributed by atoms with van der Waals surface area (Å²) in [5, 5.41) is 10.1. The van der Waals surface area contributed by atoms with Gasteiger partial charge in [0, 0.05) is 13.0 Å². The molecule has 3 N–H and O–H groups in total.